The van der Waals surface area contributed by atoms with Gasteiger partial charge in [-0.25, -0.2) is 0 Å². The summed E-state index contributed by atoms with van der Waals surface area (Å²) in [6, 6.07) is 2.97. The zero-order chi connectivity index (χ0) is 10.5. The quantitative estimate of drug-likeness (QED) is 0.817. The van der Waals surface area contributed by atoms with Crippen molar-refractivity contribution in [2.24, 2.45) is 0 Å². The van der Waals surface area contributed by atoms with E-state index in [1.807, 2.05) is 0 Å². The van der Waals surface area contributed by atoms with Crippen LogP contribution in [-0.2, 0) is 6.54 Å². The first kappa shape index (κ1) is 11.6. The van der Waals surface area contributed by atoms with Crippen LogP contribution in [0.25, 0.3) is 0 Å². The van der Waals surface area contributed by atoms with E-state index in [-0.39, 0.29) is 0 Å². The van der Waals surface area contributed by atoms with Gasteiger partial charge in [-0.15, -0.1) is 11.3 Å². The van der Waals surface area contributed by atoms with Crippen LogP contribution in [-0.4, -0.2) is 6.04 Å². The lowest BCUT2D eigenvalue weighted by Crippen LogP contribution is -2.27. The molecule has 1 N–H and O–H groups in total. The highest BCUT2D eigenvalue weighted by Crippen LogP contribution is 2.21. The molecule has 0 aliphatic heterocycles. The number of rotatable bonds is 3. The summed E-state index contributed by atoms with van der Waals surface area (Å²) in [5.41, 5.74) is 1.41. The normalized spacial score (nSPS) is 19.0. The molecule has 0 amide bonds. The lowest BCUT2D eigenvalue weighted by atomic mass is 10.1. The third kappa shape index (κ3) is 3.89. The Hall–Kier alpha value is 0.140. The standard InChI is InChI=1S/C12H18BrNS/c13-12-7-10(9-15-12)8-14-11-5-3-1-2-4-6-11/h7,9,11,14H,1-6,8H2. The molecular formula is C12H18BrNS. The minimum atomic E-state index is 0.756. The van der Waals surface area contributed by atoms with Gasteiger partial charge < -0.3 is 5.32 Å². The molecule has 15 heavy (non-hydrogen) atoms. The first-order valence-corrected chi connectivity index (χ1v) is 7.48. The fourth-order valence-corrected chi connectivity index (χ4v) is 3.39. The van der Waals surface area contributed by atoms with Gasteiger partial charge in [0.25, 0.3) is 0 Å². The Morgan fingerprint density at radius 2 is 2.00 bits per heavy atom. The Morgan fingerprint density at radius 1 is 1.27 bits per heavy atom. The predicted octanol–water partition coefficient (Wildman–Crippen LogP) is 4.32. The minimum absolute atomic E-state index is 0.756. The van der Waals surface area contributed by atoms with Crippen molar-refractivity contribution in [1.82, 2.24) is 5.32 Å². The van der Waals surface area contributed by atoms with Crippen molar-refractivity contribution in [3.63, 3.8) is 0 Å². The summed E-state index contributed by atoms with van der Waals surface area (Å²) in [7, 11) is 0. The van der Waals surface area contributed by atoms with E-state index in [2.05, 4.69) is 32.7 Å². The molecule has 1 aliphatic carbocycles. The van der Waals surface area contributed by atoms with E-state index in [9.17, 15) is 0 Å². The summed E-state index contributed by atoms with van der Waals surface area (Å²) < 4.78 is 1.24. The minimum Gasteiger partial charge on any atom is -0.310 e. The number of hydrogen-bond acceptors (Lipinski definition) is 2. The molecule has 1 aromatic rings. The average Bonchev–Trinajstić information content (AvgIpc) is 2.52. The highest BCUT2D eigenvalue weighted by Gasteiger charge is 2.11. The molecule has 1 nitrogen and oxygen atoms in total. The molecule has 0 radical (unpaired) electrons. The van der Waals surface area contributed by atoms with Crippen molar-refractivity contribution in [3.8, 4) is 0 Å². The predicted molar refractivity (Wildman–Crippen MR) is 70.3 cm³/mol. The van der Waals surface area contributed by atoms with Gasteiger partial charge in [-0.1, -0.05) is 25.7 Å². The third-order valence-electron chi connectivity index (χ3n) is 3.07. The fraction of sp³-hybridized carbons (Fsp3) is 0.667. The van der Waals surface area contributed by atoms with Crippen LogP contribution in [0.1, 0.15) is 44.1 Å². The summed E-state index contributed by atoms with van der Waals surface area (Å²) in [5, 5.41) is 5.91. The summed E-state index contributed by atoms with van der Waals surface area (Å²) in [4.78, 5) is 0. The fourth-order valence-electron chi connectivity index (χ4n) is 2.18. The van der Waals surface area contributed by atoms with Crippen molar-refractivity contribution in [2.45, 2.75) is 51.1 Å². The Labute approximate surface area is 104 Å². The highest BCUT2D eigenvalue weighted by molar-refractivity contribution is 9.11. The summed E-state index contributed by atoms with van der Waals surface area (Å²) in [5.74, 6) is 0. The van der Waals surface area contributed by atoms with E-state index >= 15 is 0 Å². The van der Waals surface area contributed by atoms with Gasteiger partial charge in [0.1, 0.15) is 0 Å². The van der Waals surface area contributed by atoms with Gasteiger partial charge in [0.2, 0.25) is 0 Å². The average molecular weight is 288 g/mol. The maximum atomic E-state index is 3.68. The van der Waals surface area contributed by atoms with Crippen molar-refractivity contribution in [3.05, 3.63) is 20.8 Å². The number of hydrogen-bond donors (Lipinski definition) is 1. The molecule has 1 saturated carbocycles. The maximum Gasteiger partial charge on any atom is 0.0701 e. The number of nitrogens with one attached hydrogen (secondary N) is 1. The Kier molecular flexibility index (Phi) is 4.66. The SMILES string of the molecule is Brc1cc(CNC2CCCCCC2)cs1. The van der Waals surface area contributed by atoms with Crippen LogP contribution in [0.15, 0.2) is 15.2 Å². The lowest BCUT2D eigenvalue weighted by molar-refractivity contribution is 0.459. The maximum absolute atomic E-state index is 3.68. The Bertz CT molecular complexity index is 290. The van der Waals surface area contributed by atoms with E-state index in [1.54, 1.807) is 11.3 Å². The lowest BCUT2D eigenvalue weighted by Gasteiger charge is -2.15. The van der Waals surface area contributed by atoms with E-state index in [4.69, 9.17) is 0 Å². The number of thiophene rings is 1. The molecule has 84 valence electrons. The van der Waals surface area contributed by atoms with E-state index in [0.717, 1.165) is 12.6 Å². The smallest absolute Gasteiger partial charge is 0.0701 e. The van der Waals surface area contributed by atoms with E-state index < -0.39 is 0 Å². The molecule has 1 fully saturated rings. The monoisotopic (exact) mass is 287 g/mol. The molecule has 0 saturated heterocycles. The zero-order valence-corrected chi connectivity index (χ0v) is 11.4. The molecule has 3 heteroatoms. The molecule has 2 rings (SSSR count). The largest absolute Gasteiger partial charge is 0.310 e. The third-order valence-corrected chi connectivity index (χ3v) is 4.63. The van der Waals surface area contributed by atoms with Gasteiger partial charge >= 0.3 is 0 Å². The van der Waals surface area contributed by atoms with Gasteiger partial charge in [-0.2, -0.15) is 0 Å². The van der Waals surface area contributed by atoms with Crippen molar-refractivity contribution in [2.75, 3.05) is 0 Å². The molecular weight excluding hydrogens is 270 g/mol. The zero-order valence-electron chi connectivity index (χ0n) is 8.97. The van der Waals surface area contributed by atoms with Gasteiger partial charge in [-0.05, 0) is 45.8 Å². The second-order valence-corrected chi connectivity index (χ2v) is 6.62. The topological polar surface area (TPSA) is 12.0 Å². The molecule has 0 unspecified atom stereocenters. The van der Waals surface area contributed by atoms with Gasteiger partial charge in [-0.3, -0.25) is 0 Å². The van der Waals surface area contributed by atoms with Crippen LogP contribution in [0.2, 0.25) is 0 Å². The molecule has 0 atom stereocenters. The molecule has 0 spiro atoms. The molecule has 0 bridgehead atoms. The molecule has 0 aromatic carbocycles. The van der Waals surface area contributed by atoms with Crippen LogP contribution in [0.3, 0.4) is 0 Å². The van der Waals surface area contributed by atoms with Gasteiger partial charge in [0.15, 0.2) is 0 Å². The molecule has 1 aromatic heterocycles. The summed E-state index contributed by atoms with van der Waals surface area (Å²) in [6.07, 6.45) is 8.41. The van der Waals surface area contributed by atoms with Crippen LogP contribution in [0.5, 0.6) is 0 Å². The van der Waals surface area contributed by atoms with Gasteiger partial charge in [0, 0.05) is 12.6 Å². The second-order valence-electron chi connectivity index (χ2n) is 4.33. The van der Waals surface area contributed by atoms with Crippen LogP contribution < -0.4 is 5.32 Å². The van der Waals surface area contributed by atoms with Crippen LogP contribution in [0.4, 0.5) is 0 Å². The van der Waals surface area contributed by atoms with Crippen LogP contribution >= 0.6 is 27.3 Å². The van der Waals surface area contributed by atoms with Gasteiger partial charge in [0.05, 0.1) is 3.79 Å². The summed E-state index contributed by atoms with van der Waals surface area (Å²) >= 11 is 5.27. The first-order chi connectivity index (χ1) is 7.34. The van der Waals surface area contributed by atoms with Crippen molar-refractivity contribution < 1.29 is 0 Å². The van der Waals surface area contributed by atoms with Crippen LogP contribution in [0, 0.1) is 0 Å². The van der Waals surface area contributed by atoms with E-state index in [1.165, 1.54) is 47.9 Å². The highest BCUT2D eigenvalue weighted by atomic mass is 79.9. The van der Waals surface area contributed by atoms with Crippen molar-refractivity contribution >= 4 is 27.3 Å². The summed E-state index contributed by atoms with van der Waals surface area (Å²) in [6.45, 7) is 1.03. The second kappa shape index (κ2) is 6.02. The van der Waals surface area contributed by atoms with Crippen molar-refractivity contribution in [1.29, 1.82) is 0 Å². The molecule has 1 heterocycles. The Morgan fingerprint density at radius 3 is 2.60 bits per heavy atom. The molecule has 1 aliphatic rings. The number of halogens is 1. The first-order valence-electron chi connectivity index (χ1n) is 5.81. The van der Waals surface area contributed by atoms with E-state index in [0.29, 0.717) is 0 Å². The Balaban J connectivity index is 1.76.